The van der Waals surface area contributed by atoms with E-state index in [0.717, 1.165) is 12.0 Å². The van der Waals surface area contributed by atoms with E-state index in [2.05, 4.69) is 4.40 Å². The highest BCUT2D eigenvalue weighted by molar-refractivity contribution is 7.90. The number of nitrogens with zero attached hydrogens (tertiary/aromatic N) is 3. The Bertz CT molecular complexity index is 750. The molecule has 1 saturated carbocycles. The minimum atomic E-state index is -3.68. The molecule has 0 spiro atoms. The molecule has 0 heterocycles. The lowest BCUT2D eigenvalue weighted by Crippen LogP contribution is -2.10. The maximum atomic E-state index is 12.1. The number of sulfonamides is 1. The first-order valence-corrected chi connectivity index (χ1v) is 9.10. The minimum absolute atomic E-state index is 0.00424. The molecule has 7 heteroatoms. The smallest absolute Gasteiger partial charge is 0.283 e. The van der Waals surface area contributed by atoms with Crippen molar-refractivity contribution in [1.29, 1.82) is 0 Å². The van der Waals surface area contributed by atoms with Crippen LogP contribution in [0.4, 0.5) is 0 Å². The third kappa shape index (κ3) is 4.67. The average Bonchev–Trinajstić information content (AvgIpc) is 3.31. The van der Waals surface area contributed by atoms with E-state index in [9.17, 15) is 13.2 Å². The van der Waals surface area contributed by atoms with Gasteiger partial charge in [-0.1, -0.05) is 12.1 Å². The van der Waals surface area contributed by atoms with Gasteiger partial charge in [0, 0.05) is 40.3 Å². The molecule has 0 bridgehead atoms. The summed E-state index contributed by atoms with van der Waals surface area (Å²) in [5, 5.41) is 0. The predicted octanol–water partition coefficient (Wildman–Crippen LogP) is 1.71. The molecule has 2 atom stereocenters. The van der Waals surface area contributed by atoms with Crippen molar-refractivity contribution >= 4 is 22.1 Å². The Morgan fingerprint density at radius 1 is 1.12 bits per heavy atom. The fraction of sp³-hybridized carbons (Fsp3) is 0.412. The van der Waals surface area contributed by atoms with Gasteiger partial charge in [-0.05, 0) is 36.1 Å². The highest BCUT2D eigenvalue weighted by Crippen LogP contribution is 2.48. The second kappa shape index (κ2) is 7.17. The van der Waals surface area contributed by atoms with Crippen LogP contribution in [0.25, 0.3) is 0 Å². The van der Waals surface area contributed by atoms with E-state index in [1.54, 1.807) is 55.5 Å². The number of hydrogen-bond acceptors (Lipinski definition) is 4. The first kappa shape index (κ1) is 18.2. The summed E-state index contributed by atoms with van der Waals surface area (Å²) < 4.78 is 27.7. The van der Waals surface area contributed by atoms with Gasteiger partial charge in [0.15, 0.2) is 5.78 Å². The maximum Gasteiger partial charge on any atom is 0.283 e. The summed E-state index contributed by atoms with van der Waals surface area (Å²) in [5.41, 5.74) is 0.988. The van der Waals surface area contributed by atoms with Gasteiger partial charge in [-0.25, -0.2) is 0 Å². The van der Waals surface area contributed by atoms with Gasteiger partial charge in [0.1, 0.15) is 6.34 Å². The van der Waals surface area contributed by atoms with E-state index < -0.39 is 10.0 Å². The number of ketones is 1. The molecular weight excluding hydrogens is 326 g/mol. The zero-order valence-corrected chi connectivity index (χ0v) is 15.2. The SMILES string of the molecule is CN(C)C=CC(=O)[C@@H]1C[C@H]1c1ccc(S(=O)(=O)N=CN(C)C)cc1. The molecule has 0 aromatic heterocycles. The van der Waals surface area contributed by atoms with Crippen LogP contribution >= 0.6 is 0 Å². The van der Waals surface area contributed by atoms with Crippen LogP contribution < -0.4 is 0 Å². The molecule has 1 aliphatic carbocycles. The summed E-state index contributed by atoms with van der Waals surface area (Å²) in [6.45, 7) is 0. The molecule has 0 unspecified atom stereocenters. The normalized spacial score (nSPS) is 20.5. The van der Waals surface area contributed by atoms with E-state index in [4.69, 9.17) is 0 Å². The molecule has 130 valence electrons. The Morgan fingerprint density at radius 3 is 2.29 bits per heavy atom. The van der Waals surface area contributed by atoms with Gasteiger partial charge in [-0.15, -0.1) is 4.40 Å². The summed E-state index contributed by atoms with van der Waals surface area (Å²) in [6.07, 6.45) is 5.41. The largest absolute Gasteiger partial charge is 0.383 e. The van der Waals surface area contributed by atoms with E-state index in [-0.39, 0.29) is 22.5 Å². The standard InChI is InChI=1S/C17H23N3O3S/c1-19(2)10-9-17(21)16-11-15(16)13-5-7-14(8-6-13)24(22,23)18-12-20(3)4/h5-10,12,15-16H,11H2,1-4H3/t15-,16+/m0/s1. The zero-order valence-electron chi connectivity index (χ0n) is 14.4. The van der Waals surface area contributed by atoms with Gasteiger partial charge in [-0.3, -0.25) is 4.79 Å². The van der Waals surface area contributed by atoms with Crippen LogP contribution in [-0.4, -0.2) is 58.5 Å². The van der Waals surface area contributed by atoms with Crippen LogP contribution in [0, 0.1) is 5.92 Å². The number of benzene rings is 1. The molecule has 6 nitrogen and oxygen atoms in total. The Hall–Kier alpha value is -2.15. The van der Waals surface area contributed by atoms with E-state index in [1.165, 1.54) is 6.34 Å². The minimum Gasteiger partial charge on any atom is -0.383 e. The number of rotatable bonds is 7. The molecule has 1 aromatic rings. The van der Waals surface area contributed by atoms with Crippen LogP contribution in [0.3, 0.4) is 0 Å². The van der Waals surface area contributed by atoms with E-state index in [1.807, 2.05) is 19.0 Å². The lowest BCUT2D eigenvalue weighted by atomic mass is 10.1. The molecule has 0 saturated heterocycles. The predicted molar refractivity (Wildman–Crippen MR) is 94.5 cm³/mol. The zero-order chi connectivity index (χ0) is 17.9. The van der Waals surface area contributed by atoms with Crippen LogP contribution in [0.5, 0.6) is 0 Å². The Labute approximate surface area is 143 Å². The summed E-state index contributed by atoms with van der Waals surface area (Å²) in [7, 11) is 3.46. The first-order valence-electron chi connectivity index (χ1n) is 7.66. The van der Waals surface area contributed by atoms with Gasteiger partial charge >= 0.3 is 0 Å². The molecule has 0 radical (unpaired) electrons. The monoisotopic (exact) mass is 349 g/mol. The molecule has 1 aliphatic rings. The Balaban J connectivity index is 2.05. The molecular formula is C17H23N3O3S. The van der Waals surface area contributed by atoms with Crippen LogP contribution in [-0.2, 0) is 14.8 Å². The van der Waals surface area contributed by atoms with E-state index >= 15 is 0 Å². The molecule has 0 N–H and O–H groups in total. The maximum absolute atomic E-state index is 12.1. The first-order chi connectivity index (χ1) is 11.2. The van der Waals surface area contributed by atoms with Crippen molar-refractivity contribution in [2.75, 3.05) is 28.2 Å². The summed E-state index contributed by atoms with van der Waals surface area (Å²) in [4.78, 5) is 15.6. The number of carbonyl (C=O) groups excluding carboxylic acids is 1. The third-order valence-electron chi connectivity index (χ3n) is 3.72. The van der Waals surface area contributed by atoms with Crippen LogP contribution in [0.15, 0.2) is 45.8 Å². The van der Waals surface area contributed by atoms with E-state index in [0.29, 0.717) is 0 Å². The van der Waals surface area contributed by atoms with Crippen molar-refractivity contribution in [3.05, 3.63) is 42.1 Å². The van der Waals surface area contributed by atoms with Crippen molar-refractivity contribution < 1.29 is 13.2 Å². The molecule has 1 aromatic carbocycles. The van der Waals surface area contributed by atoms with Crippen molar-refractivity contribution in [1.82, 2.24) is 9.80 Å². The second-order valence-electron chi connectivity index (χ2n) is 6.36. The second-order valence-corrected chi connectivity index (χ2v) is 7.99. The van der Waals surface area contributed by atoms with Crippen molar-refractivity contribution in [3.63, 3.8) is 0 Å². The van der Waals surface area contributed by atoms with Crippen molar-refractivity contribution in [3.8, 4) is 0 Å². The topological polar surface area (TPSA) is 70.0 Å². The molecule has 0 amide bonds. The number of hydrogen-bond donors (Lipinski definition) is 0. The van der Waals surface area contributed by atoms with Crippen molar-refractivity contribution in [2.24, 2.45) is 10.3 Å². The Morgan fingerprint density at radius 2 is 1.75 bits per heavy atom. The van der Waals surface area contributed by atoms with Gasteiger partial charge in [0.05, 0.1) is 4.90 Å². The van der Waals surface area contributed by atoms with Gasteiger partial charge < -0.3 is 9.80 Å². The lowest BCUT2D eigenvalue weighted by Gasteiger charge is -2.05. The highest BCUT2D eigenvalue weighted by atomic mass is 32.2. The molecule has 24 heavy (non-hydrogen) atoms. The van der Waals surface area contributed by atoms with Crippen LogP contribution in [0.1, 0.15) is 17.9 Å². The third-order valence-corrected chi connectivity index (χ3v) is 4.96. The average molecular weight is 349 g/mol. The fourth-order valence-electron chi connectivity index (χ4n) is 2.33. The van der Waals surface area contributed by atoms with Gasteiger partial charge in [0.25, 0.3) is 10.0 Å². The summed E-state index contributed by atoms with van der Waals surface area (Å²) >= 11 is 0. The molecule has 1 fully saturated rings. The fourth-order valence-corrected chi connectivity index (χ4v) is 3.24. The van der Waals surface area contributed by atoms with Gasteiger partial charge in [-0.2, -0.15) is 8.42 Å². The lowest BCUT2D eigenvalue weighted by molar-refractivity contribution is -0.115. The summed E-state index contributed by atoms with van der Waals surface area (Å²) in [5.74, 6) is 0.280. The van der Waals surface area contributed by atoms with Crippen molar-refractivity contribution in [2.45, 2.75) is 17.2 Å². The van der Waals surface area contributed by atoms with Gasteiger partial charge in [0.2, 0.25) is 0 Å². The highest BCUT2D eigenvalue weighted by Gasteiger charge is 2.42. The molecule has 2 rings (SSSR count). The van der Waals surface area contributed by atoms with Crippen LogP contribution in [0.2, 0.25) is 0 Å². The molecule has 0 aliphatic heterocycles. The number of allylic oxidation sites excluding steroid dienone is 1. The summed E-state index contributed by atoms with van der Waals surface area (Å²) in [6, 6.07) is 6.64. The quantitative estimate of drug-likeness (QED) is 0.426. The number of carbonyl (C=O) groups is 1. The Kier molecular flexibility index (Phi) is 5.43.